The molecule has 1 aromatic rings. The van der Waals surface area contributed by atoms with Crippen LogP contribution in [0.15, 0.2) is 23.1 Å². The Bertz CT molecular complexity index is 905. The van der Waals surface area contributed by atoms with Gasteiger partial charge in [-0.1, -0.05) is 13.8 Å². The normalized spacial score (nSPS) is 15.2. The predicted molar refractivity (Wildman–Crippen MR) is 124 cm³/mol. The molecule has 3 amide bonds. The molecule has 0 aliphatic carbocycles. The zero-order chi connectivity index (χ0) is 24.1. The van der Waals surface area contributed by atoms with Gasteiger partial charge in [-0.2, -0.15) is 4.31 Å². The monoisotopic (exact) mass is 468 g/mol. The lowest BCUT2D eigenvalue weighted by Crippen LogP contribution is -2.45. The number of carbonyl (C=O) groups excluding carboxylic acids is 2. The average Bonchev–Trinajstić information content (AvgIpc) is 2.74. The van der Waals surface area contributed by atoms with Gasteiger partial charge in [0.1, 0.15) is 5.75 Å². The number of hydrogen-bond donors (Lipinski definition) is 1. The number of rotatable bonds is 8. The number of amides is 3. The molecule has 1 aliphatic heterocycles. The number of sulfonamides is 1. The third kappa shape index (κ3) is 6.13. The first kappa shape index (κ1) is 25.9. The van der Waals surface area contributed by atoms with Gasteiger partial charge >= 0.3 is 6.03 Å². The van der Waals surface area contributed by atoms with Crippen molar-refractivity contribution in [1.82, 2.24) is 14.1 Å². The number of carbonyl (C=O) groups is 2. The molecular weight excluding hydrogens is 432 g/mol. The maximum atomic E-state index is 13.0. The molecule has 0 radical (unpaired) electrons. The molecule has 32 heavy (non-hydrogen) atoms. The molecule has 0 saturated carbocycles. The Kier molecular flexibility index (Phi) is 8.91. The quantitative estimate of drug-likeness (QED) is 0.632. The molecule has 0 aromatic heterocycles. The number of urea groups is 1. The van der Waals surface area contributed by atoms with Crippen LogP contribution in [-0.2, 0) is 14.8 Å². The molecule has 1 aromatic carbocycles. The molecule has 180 valence electrons. The number of piperidine rings is 1. The first-order valence-electron chi connectivity index (χ1n) is 11.1. The first-order valence-corrected chi connectivity index (χ1v) is 12.5. The molecule has 1 N–H and O–H groups in total. The van der Waals surface area contributed by atoms with Crippen LogP contribution in [0.4, 0.5) is 10.5 Å². The van der Waals surface area contributed by atoms with Gasteiger partial charge in [-0.15, -0.1) is 0 Å². The standard InChI is InChI=1S/C22H36N4O5S/c1-7-26(8-2)32(29,30)18-9-10-20(31-16(3)4)19(15-18)23-21(27)17-11-13-25(14-12-17)22(28)24(5)6/h9-10,15-17H,7-8,11-14H2,1-6H3,(H,23,27). The van der Waals surface area contributed by atoms with E-state index >= 15 is 0 Å². The zero-order valence-corrected chi connectivity index (χ0v) is 20.7. The molecule has 0 spiro atoms. The fraction of sp³-hybridized carbons (Fsp3) is 0.636. The van der Waals surface area contributed by atoms with Gasteiger partial charge < -0.3 is 19.9 Å². The Labute approximate surface area is 191 Å². The van der Waals surface area contributed by atoms with Crippen LogP contribution in [-0.4, -0.2) is 80.8 Å². The summed E-state index contributed by atoms with van der Waals surface area (Å²) in [5.74, 6) is -0.0452. The molecule has 1 heterocycles. The average molecular weight is 469 g/mol. The summed E-state index contributed by atoms with van der Waals surface area (Å²) in [5, 5.41) is 2.88. The zero-order valence-electron chi connectivity index (χ0n) is 19.9. The maximum absolute atomic E-state index is 13.0. The smallest absolute Gasteiger partial charge is 0.319 e. The van der Waals surface area contributed by atoms with Crippen molar-refractivity contribution in [1.29, 1.82) is 0 Å². The Balaban J connectivity index is 2.23. The molecule has 0 atom stereocenters. The van der Waals surface area contributed by atoms with Gasteiger partial charge in [-0.05, 0) is 44.9 Å². The summed E-state index contributed by atoms with van der Waals surface area (Å²) in [4.78, 5) is 28.5. The minimum Gasteiger partial charge on any atom is -0.489 e. The number of nitrogens with zero attached hydrogens (tertiary/aromatic N) is 3. The van der Waals surface area contributed by atoms with Crippen molar-refractivity contribution >= 4 is 27.6 Å². The van der Waals surface area contributed by atoms with Gasteiger partial charge in [0.25, 0.3) is 0 Å². The number of nitrogens with one attached hydrogen (secondary N) is 1. The fourth-order valence-corrected chi connectivity index (χ4v) is 5.17. The van der Waals surface area contributed by atoms with Gasteiger partial charge in [0.15, 0.2) is 0 Å². The van der Waals surface area contributed by atoms with E-state index in [0.29, 0.717) is 50.5 Å². The molecule has 0 unspecified atom stereocenters. The highest BCUT2D eigenvalue weighted by Crippen LogP contribution is 2.31. The van der Waals surface area contributed by atoms with E-state index in [1.807, 2.05) is 13.8 Å². The van der Waals surface area contributed by atoms with E-state index in [4.69, 9.17) is 4.74 Å². The van der Waals surface area contributed by atoms with Crippen molar-refractivity contribution in [3.05, 3.63) is 18.2 Å². The van der Waals surface area contributed by atoms with Crippen LogP contribution in [0.5, 0.6) is 5.75 Å². The van der Waals surface area contributed by atoms with Gasteiger partial charge in [-0.3, -0.25) is 4.79 Å². The second-order valence-corrected chi connectivity index (χ2v) is 10.3. The van der Waals surface area contributed by atoms with E-state index in [1.54, 1.807) is 38.9 Å². The second kappa shape index (κ2) is 11.0. The van der Waals surface area contributed by atoms with E-state index in [2.05, 4.69) is 5.32 Å². The predicted octanol–water partition coefficient (Wildman–Crippen LogP) is 2.84. The third-order valence-corrected chi connectivity index (χ3v) is 7.48. The van der Waals surface area contributed by atoms with Crippen molar-refractivity contribution < 1.29 is 22.7 Å². The van der Waals surface area contributed by atoms with Crippen LogP contribution in [0, 0.1) is 5.92 Å². The number of hydrogen-bond acceptors (Lipinski definition) is 5. The number of anilines is 1. The summed E-state index contributed by atoms with van der Waals surface area (Å²) < 4.78 is 33.1. The van der Waals surface area contributed by atoms with E-state index in [1.165, 1.54) is 21.3 Å². The molecule has 2 rings (SSSR count). The number of ether oxygens (including phenoxy) is 1. The minimum atomic E-state index is -3.68. The van der Waals surface area contributed by atoms with Gasteiger partial charge in [0.05, 0.1) is 16.7 Å². The third-order valence-electron chi connectivity index (χ3n) is 5.43. The van der Waals surface area contributed by atoms with Crippen molar-refractivity contribution in [2.45, 2.75) is 51.5 Å². The number of benzene rings is 1. The summed E-state index contributed by atoms with van der Waals surface area (Å²) in [5.41, 5.74) is 0.337. The van der Waals surface area contributed by atoms with Gasteiger partial charge in [-0.25, -0.2) is 13.2 Å². The second-order valence-electron chi connectivity index (χ2n) is 8.34. The summed E-state index contributed by atoms with van der Waals surface area (Å²) >= 11 is 0. The summed E-state index contributed by atoms with van der Waals surface area (Å²) in [6, 6.07) is 4.50. The highest BCUT2D eigenvalue weighted by Gasteiger charge is 2.29. The Morgan fingerprint density at radius 2 is 1.75 bits per heavy atom. The Morgan fingerprint density at radius 3 is 2.25 bits per heavy atom. The van der Waals surface area contributed by atoms with Crippen molar-refractivity contribution in [3.63, 3.8) is 0 Å². The molecule has 1 fully saturated rings. The molecule has 9 nitrogen and oxygen atoms in total. The summed E-state index contributed by atoms with van der Waals surface area (Å²) in [6.45, 7) is 9.01. The maximum Gasteiger partial charge on any atom is 0.319 e. The first-order chi connectivity index (χ1) is 15.0. The van der Waals surface area contributed by atoms with E-state index in [9.17, 15) is 18.0 Å². The molecular formula is C22H36N4O5S. The largest absolute Gasteiger partial charge is 0.489 e. The lowest BCUT2D eigenvalue weighted by atomic mass is 9.96. The van der Waals surface area contributed by atoms with Crippen molar-refractivity contribution in [2.75, 3.05) is 45.6 Å². The van der Waals surface area contributed by atoms with Gasteiger partial charge in [0, 0.05) is 46.2 Å². The van der Waals surface area contributed by atoms with Crippen molar-refractivity contribution in [3.8, 4) is 5.75 Å². The molecule has 1 saturated heterocycles. The van der Waals surface area contributed by atoms with Crippen LogP contribution >= 0.6 is 0 Å². The van der Waals surface area contributed by atoms with Crippen LogP contribution in [0.2, 0.25) is 0 Å². The van der Waals surface area contributed by atoms with E-state index < -0.39 is 10.0 Å². The highest BCUT2D eigenvalue weighted by molar-refractivity contribution is 7.89. The van der Waals surface area contributed by atoms with Gasteiger partial charge in [0.2, 0.25) is 15.9 Å². The minimum absolute atomic E-state index is 0.0641. The lowest BCUT2D eigenvalue weighted by molar-refractivity contribution is -0.121. The fourth-order valence-electron chi connectivity index (χ4n) is 3.69. The highest BCUT2D eigenvalue weighted by atomic mass is 32.2. The summed E-state index contributed by atoms with van der Waals surface area (Å²) in [6.07, 6.45) is 0.947. The number of likely N-dealkylation sites (tertiary alicyclic amines) is 1. The van der Waals surface area contributed by atoms with Crippen LogP contribution in [0.1, 0.15) is 40.5 Å². The topological polar surface area (TPSA) is 99.3 Å². The SMILES string of the molecule is CCN(CC)S(=O)(=O)c1ccc(OC(C)C)c(NC(=O)C2CCN(C(=O)N(C)C)CC2)c1. The lowest BCUT2D eigenvalue weighted by Gasteiger charge is -2.33. The van der Waals surface area contributed by atoms with Crippen LogP contribution < -0.4 is 10.1 Å². The Morgan fingerprint density at radius 1 is 1.16 bits per heavy atom. The Hall–Kier alpha value is -2.33. The summed E-state index contributed by atoms with van der Waals surface area (Å²) in [7, 11) is -0.267. The molecule has 10 heteroatoms. The van der Waals surface area contributed by atoms with Crippen LogP contribution in [0.3, 0.4) is 0 Å². The molecule has 0 bridgehead atoms. The van der Waals surface area contributed by atoms with Crippen molar-refractivity contribution in [2.24, 2.45) is 5.92 Å². The molecule has 1 aliphatic rings. The van der Waals surface area contributed by atoms with Crippen LogP contribution in [0.25, 0.3) is 0 Å². The van der Waals surface area contributed by atoms with E-state index in [0.717, 1.165) is 0 Å². The van der Waals surface area contributed by atoms with E-state index in [-0.39, 0.29) is 28.9 Å².